The molecule has 3 heteroatoms. The van der Waals surface area contributed by atoms with Crippen molar-refractivity contribution < 1.29 is 9.53 Å². The first-order chi connectivity index (χ1) is 11.1. The van der Waals surface area contributed by atoms with Crippen molar-refractivity contribution in [3.63, 3.8) is 0 Å². The van der Waals surface area contributed by atoms with E-state index in [2.05, 4.69) is 31.2 Å². The summed E-state index contributed by atoms with van der Waals surface area (Å²) in [6.45, 7) is 7.65. The molecule has 0 spiro atoms. The van der Waals surface area contributed by atoms with Gasteiger partial charge in [-0.15, -0.1) is 0 Å². The van der Waals surface area contributed by atoms with Crippen LogP contribution >= 0.6 is 0 Å². The van der Waals surface area contributed by atoms with Crippen LogP contribution in [0.1, 0.15) is 36.7 Å². The summed E-state index contributed by atoms with van der Waals surface area (Å²) in [5.41, 5.74) is 3.95. The molecular formula is C20H23NO2. The zero-order chi connectivity index (χ0) is 17.0. The average Bonchev–Trinajstić information content (AvgIpc) is 2.96. The van der Waals surface area contributed by atoms with Crippen LogP contribution in [0.3, 0.4) is 0 Å². The predicted molar refractivity (Wildman–Crippen MR) is 95.9 cm³/mol. The Morgan fingerprint density at radius 2 is 1.70 bits per heavy atom. The zero-order valence-electron chi connectivity index (χ0n) is 14.4. The number of benzene rings is 2. The molecule has 1 heterocycles. The third-order valence-corrected chi connectivity index (χ3v) is 3.70. The van der Waals surface area contributed by atoms with Crippen molar-refractivity contribution in [2.75, 3.05) is 7.11 Å². The Bertz CT molecular complexity index is 814. The molecule has 0 aliphatic carbocycles. The van der Waals surface area contributed by atoms with E-state index in [-0.39, 0.29) is 5.78 Å². The number of ketones is 1. The van der Waals surface area contributed by atoms with Crippen molar-refractivity contribution in [3.05, 3.63) is 59.8 Å². The number of aromatic nitrogens is 1. The minimum Gasteiger partial charge on any atom is -0.497 e. The number of carbonyl (C=O) groups is 1. The molecule has 1 aromatic heterocycles. The highest BCUT2D eigenvalue weighted by Crippen LogP contribution is 2.28. The zero-order valence-corrected chi connectivity index (χ0v) is 14.4. The van der Waals surface area contributed by atoms with Crippen molar-refractivity contribution in [1.82, 2.24) is 4.57 Å². The molecular weight excluding hydrogens is 286 g/mol. The number of rotatable bonds is 3. The van der Waals surface area contributed by atoms with Crippen molar-refractivity contribution in [3.8, 4) is 11.4 Å². The van der Waals surface area contributed by atoms with Crippen LogP contribution in [0.25, 0.3) is 16.6 Å². The quantitative estimate of drug-likeness (QED) is 0.624. The lowest BCUT2D eigenvalue weighted by Crippen LogP contribution is -1.93. The Hall–Kier alpha value is -2.55. The third kappa shape index (κ3) is 3.29. The van der Waals surface area contributed by atoms with Gasteiger partial charge in [-0.05, 0) is 38.1 Å². The van der Waals surface area contributed by atoms with Gasteiger partial charge < -0.3 is 9.30 Å². The van der Waals surface area contributed by atoms with Crippen molar-refractivity contribution in [2.24, 2.45) is 0 Å². The van der Waals surface area contributed by atoms with Gasteiger partial charge in [-0.2, -0.15) is 0 Å². The lowest BCUT2D eigenvalue weighted by Gasteiger charge is -2.07. The number of fused-ring (bicyclic) bond motifs is 1. The summed E-state index contributed by atoms with van der Waals surface area (Å²) in [5, 5.41) is 0.948. The average molecular weight is 309 g/mol. The maximum atomic E-state index is 11.9. The van der Waals surface area contributed by atoms with E-state index in [1.807, 2.05) is 42.8 Å². The van der Waals surface area contributed by atoms with Crippen LogP contribution in [0.5, 0.6) is 5.75 Å². The van der Waals surface area contributed by atoms with Gasteiger partial charge in [0.15, 0.2) is 5.78 Å². The van der Waals surface area contributed by atoms with Crippen LogP contribution in [0.2, 0.25) is 0 Å². The summed E-state index contributed by atoms with van der Waals surface area (Å²) in [7, 11) is 1.65. The summed E-state index contributed by atoms with van der Waals surface area (Å²) in [4.78, 5) is 11.9. The molecule has 0 unspecified atom stereocenters. The van der Waals surface area contributed by atoms with Gasteiger partial charge in [0.1, 0.15) is 5.75 Å². The highest BCUT2D eigenvalue weighted by molar-refractivity contribution is 6.07. The molecule has 0 aliphatic heterocycles. The van der Waals surface area contributed by atoms with Crippen LogP contribution in [0.4, 0.5) is 0 Å². The van der Waals surface area contributed by atoms with E-state index in [1.165, 1.54) is 5.56 Å². The fourth-order valence-corrected chi connectivity index (χ4v) is 2.53. The summed E-state index contributed by atoms with van der Waals surface area (Å²) < 4.78 is 7.34. The minimum atomic E-state index is 0.0658. The molecule has 0 saturated carbocycles. The van der Waals surface area contributed by atoms with E-state index in [0.29, 0.717) is 0 Å². The monoisotopic (exact) mass is 309 g/mol. The third-order valence-electron chi connectivity index (χ3n) is 3.70. The summed E-state index contributed by atoms with van der Waals surface area (Å²) >= 11 is 0. The lowest BCUT2D eigenvalue weighted by atomic mass is 10.1. The van der Waals surface area contributed by atoms with E-state index in [4.69, 9.17) is 4.74 Å². The second-order valence-electron chi connectivity index (χ2n) is 5.19. The first-order valence-corrected chi connectivity index (χ1v) is 7.87. The lowest BCUT2D eigenvalue weighted by molar-refractivity contribution is 0.101. The van der Waals surface area contributed by atoms with Gasteiger partial charge in [0, 0.05) is 28.9 Å². The number of ether oxygens (including phenoxy) is 1. The van der Waals surface area contributed by atoms with Gasteiger partial charge in [-0.1, -0.05) is 31.5 Å². The first-order valence-electron chi connectivity index (χ1n) is 7.87. The number of methoxy groups -OCH3 is 1. The second-order valence-corrected chi connectivity index (χ2v) is 5.19. The van der Waals surface area contributed by atoms with Crippen LogP contribution in [-0.2, 0) is 0 Å². The number of hydrogen-bond donors (Lipinski definition) is 0. The van der Waals surface area contributed by atoms with Crippen LogP contribution in [0.15, 0.2) is 48.7 Å². The van der Waals surface area contributed by atoms with Gasteiger partial charge in [0.05, 0.1) is 12.6 Å². The fourth-order valence-electron chi connectivity index (χ4n) is 2.53. The molecule has 3 aromatic rings. The van der Waals surface area contributed by atoms with E-state index in [9.17, 15) is 4.79 Å². The molecule has 0 atom stereocenters. The molecule has 2 aromatic carbocycles. The van der Waals surface area contributed by atoms with Gasteiger partial charge in [0.2, 0.25) is 0 Å². The second kappa shape index (κ2) is 7.14. The topological polar surface area (TPSA) is 31.2 Å². The van der Waals surface area contributed by atoms with Crippen LogP contribution in [-0.4, -0.2) is 17.5 Å². The molecule has 3 rings (SSSR count). The predicted octanol–water partition coefficient (Wildman–Crippen LogP) is 5.18. The number of aryl methyl sites for hydroxylation is 1. The largest absolute Gasteiger partial charge is 0.497 e. The SMILES string of the molecule is CC.COc1ccc2c(C(C)=O)cn(-c3ccc(C)cc3)c2c1. The number of hydrogen-bond acceptors (Lipinski definition) is 2. The molecule has 3 nitrogen and oxygen atoms in total. The smallest absolute Gasteiger partial charge is 0.161 e. The number of nitrogens with zero attached hydrogens (tertiary/aromatic N) is 1. The molecule has 23 heavy (non-hydrogen) atoms. The Morgan fingerprint density at radius 3 is 2.26 bits per heavy atom. The van der Waals surface area contributed by atoms with Crippen molar-refractivity contribution in [2.45, 2.75) is 27.7 Å². The van der Waals surface area contributed by atoms with E-state index in [1.54, 1.807) is 14.0 Å². The summed E-state index contributed by atoms with van der Waals surface area (Å²) in [6.07, 6.45) is 1.90. The van der Waals surface area contributed by atoms with E-state index >= 15 is 0 Å². The molecule has 0 bridgehead atoms. The first kappa shape index (κ1) is 16.8. The summed E-state index contributed by atoms with van der Waals surface area (Å²) in [6, 6.07) is 14.0. The Labute approximate surface area is 137 Å². The molecule has 0 saturated heterocycles. The molecule has 120 valence electrons. The highest BCUT2D eigenvalue weighted by Gasteiger charge is 2.13. The van der Waals surface area contributed by atoms with Crippen molar-refractivity contribution >= 4 is 16.7 Å². The van der Waals surface area contributed by atoms with Crippen LogP contribution in [0, 0.1) is 6.92 Å². The van der Waals surface area contributed by atoms with E-state index < -0.39 is 0 Å². The normalized spacial score (nSPS) is 10.1. The summed E-state index contributed by atoms with van der Waals surface area (Å²) in [5.74, 6) is 0.847. The molecule has 0 amide bonds. The fraction of sp³-hybridized carbons (Fsp3) is 0.250. The number of Topliss-reactive ketones (excluding diaryl/α,β-unsaturated/α-hetero) is 1. The maximum absolute atomic E-state index is 11.9. The Morgan fingerprint density at radius 1 is 1.04 bits per heavy atom. The standard InChI is InChI=1S/C18H17NO2.C2H6/c1-12-4-6-14(7-5-12)19-11-17(13(2)20)16-9-8-15(21-3)10-18(16)19;1-2/h4-11H,1-3H3;1-2H3. The van der Waals surface area contributed by atoms with Gasteiger partial charge in [0.25, 0.3) is 0 Å². The van der Waals surface area contributed by atoms with Crippen LogP contribution < -0.4 is 4.74 Å². The van der Waals surface area contributed by atoms with E-state index in [0.717, 1.165) is 27.9 Å². The maximum Gasteiger partial charge on any atom is 0.161 e. The molecule has 0 N–H and O–H groups in total. The Balaban J connectivity index is 0.000000924. The number of carbonyl (C=O) groups excluding carboxylic acids is 1. The Kier molecular flexibility index (Phi) is 5.22. The molecule has 0 aliphatic rings. The van der Waals surface area contributed by atoms with Gasteiger partial charge >= 0.3 is 0 Å². The van der Waals surface area contributed by atoms with Crippen molar-refractivity contribution in [1.29, 1.82) is 0 Å². The van der Waals surface area contributed by atoms with Gasteiger partial charge in [-0.25, -0.2) is 0 Å². The molecule has 0 fully saturated rings. The van der Waals surface area contributed by atoms with Gasteiger partial charge in [-0.3, -0.25) is 4.79 Å². The minimum absolute atomic E-state index is 0.0658. The highest BCUT2D eigenvalue weighted by atomic mass is 16.5. The molecule has 0 radical (unpaired) electrons.